The predicted octanol–water partition coefficient (Wildman–Crippen LogP) is 7.81. The summed E-state index contributed by atoms with van der Waals surface area (Å²) in [5, 5.41) is 4.34. The summed E-state index contributed by atoms with van der Waals surface area (Å²) in [7, 11) is 0. The predicted molar refractivity (Wildman–Crippen MR) is 161 cm³/mol. The molecule has 5 aromatic carbocycles. The molecule has 0 atom stereocenters. The van der Waals surface area contributed by atoms with Gasteiger partial charge in [-0.15, -0.1) is 0 Å². The Balaban J connectivity index is 1.64. The van der Waals surface area contributed by atoms with E-state index < -0.39 is 0 Å². The van der Waals surface area contributed by atoms with Crippen molar-refractivity contribution in [3.05, 3.63) is 129 Å². The van der Waals surface area contributed by atoms with Crippen LogP contribution in [0.4, 0.5) is 17.1 Å². The van der Waals surface area contributed by atoms with Crippen LogP contribution in [-0.2, 0) is 0 Å². The highest BCUT2D eigenvalue weighted by Gasteiger charge is 2.20. The zero-order valence-electron chi connectivity index (χ0n) is 21.5. The van der Waals surface area contributed by atoms with E-state index in [0.717, 1.165) is 27.7 Å². The first kappa shape index (κ1) is 22.9. The molecular weight excluding hydrogens is 482 g/mol. The van der Waals surface area contributed by atoms with Crippen LogP contribution < -0.4 is 15.8 Å². The summed E-state index contributed by atoms with van der Waals surface area (Å²) in [4.78, 5) is 33.1. The van der Waals surface area contributed by atoms with Crippen molar-refractivity contribution >= 4 is 65.9 Å². The smallest absolute Gasteiger partial charge is 0.197 e. The van der Waals surface area contributed by atoms with Gasteiger partial charge in [-0.3, -0.25) is 9.59 Å². The highest BCUT2D eigenvalue weighted by atomic mass is 16.1. The van der Waals surface area contributed by atoms with E-state index in [1.807, 2.05) is 34.7 Å². The van der Waals surface area contributed by atoms with Crippen LogP contribution in [0.5, 0.6) is 0 Å². The van der Waals surface area contributed by atoms with Crippen LogP contribution in [0.1, 0.15) is 13.8 Å². The first-order valence-electron chi connectivity index (χ1n) is 12.9. The molecule has 0 amide bonds. The summed E-state index contributed by atoms with van der Waals surface area (Å²) < 4.78 is 2.02. The SMILES string of the molecule is [C-]#[N+]c1ccc2c(c1)c(=O)c1cccc3c(=O)c4ccc(N(c5cccc6ccccc56)C(C)C)cc4n2c13. The van der Waals surface area contributed by atoms with E-state index in [2.05, 4.69) is 60.0 Å². The van der Waals surface area contributed by atoms with Gasteiger partial charge in [0.15, 0.2) is 16.5 Å². The maximum absolute atomic E-state index is 13.7. The van der Waals surface area contributed by atoms with E-state index in [0.29, 0.717) is 38.3 Å². The van der Waals surface area contributed by atoms with E-state index >= 15 is 0 Å². The molecule has 0 saturated carbocycles. The molecule has 7 rings (SSSR count). The molecule has 0 fully saturated rings. The number of nitrogens with zero attached hydrogens (tertiary/aromatic N) is 3. The van der Waals surface area contributed by atoms with E-state index in [1.54, 1.807) is 30.3 Å². The van der Waals surface area contributed by atoms with Crippen LogP contribution >= 0.6 is 0 Å². The molecule has 0 radical (unpaired) electrons. The molecule has 0 N–H and O–H groups in total. The first-order chi connectivity index (χ1) is 19.0. The van der Waals surface area contributed by atoms with E-state index in [9.17, 15) is 9.59 Å². The lowest BCUT2D eigenvalue weighted by Crippen LogP contribution is -2.25. The van der Waals surface area contributed by atoms with Gasteiger partial charge in [0, 0.05) is 44.3 Å². The fourth-order valence-corrected chi connectivity index (χ4v) is 5.96. The summed E-state index contributed by atoms with van der Waals surface area (Å²) >= 11 is 0. The molecule has 0 unspecified atom stereocenters. The fraction of sp³-hybridized carbons (Fsp3) is 0.0882. The highest BCUT2D eigenvalue weighted by Crippen LogP contribution is 2.36. The molecule has 5 nitrogen and oxygen atoms in total. The zero-order valence-corrected chi connectivity index (χ0v) is 21.5. The number of aromatic nitrogens is 1. The normalized spacial score (nSPS) is 11.7. The summed E-state index contributed by atoms with van der Waals surface area (Å²) in [6.45, 7) is 11.8. The molecule has 2 aromatic heterocycles. The van der Waals surface area contributed by atoms with Gasteiger partial charge in [-0.1, -0.05) is 48.5 Å². The first-order valence-corrected chi connectivity index (χ1v) is 12.9. The number of benzene rings is 5. The van der Waals surface area contributed by atoms with Gasteiger partial charge in [-0.25, -0.2) is 4.85 Å². The molecule has 0 bridgehead atoms. The second-order valence-electron chi connectivity index (χ2n) is 10.2. The quantitative estimate of drug-likeness (QED) is 0.140. The lowest BCUT2D eigenvalue weighted by molar-refractivity contribution is 0.792. The molecule has 0 aliphatic carbocycles. The lowest BCUT2D eigenvalue weighted by Gasteiger charge is -2.31. The number of rotatable bonds is 3. The minimum Gasteiger partial charge on any atom is -0.338 e. The Morgan fingerprint density at radius 1 is 0.692 bits per heavy atom. The van der Waals surface area contributed by atoms with Crippen LogP contribution in [-0.4, -0.2) is 10.4 Å². The van der Waals surface area contributed by atoms with Gasteiger partial charge in [0.2, 0.25) is 0 Å². The second kappa shape index (κ2) is 8.41. The van der Waals surface area contributed by atoms with E-state index in [-0.39, 0.29) is 16.9 Å². The van der Waals surface area contributed by atoms with Gasteiger partial charge in [0.25, 0.3) is 0 Å². The Morgan fingerprint density at radius 3 is 2.15 bits per heavy atom. The van der Waals surface area contributed by atoms with Crippen LogP contribution in [0.25, 0.3) is 53.7 Å². The summed E-state index contributed by atoms with van der Waals surface area (Å²) in [5.41, 5.74) is 4.20. The molecule has 2 heterocycles. The Kier molecular flexibility index (Phi) is 4.95. The number of anilines is 2. The van der Waals surface area contributed by atoms with E-state index in [1.165, 1.54) is 0 Å². The highest BCUT2D eigenvalue weighted by molar-refractivity contribution is 6.08. The largest absolute Gasteiger partial charge is 0.338 e. The molecule has 5 heteroatoms. The van der Waals surface area contributed by atoms with Crippen molar-refractivity contribution in [1.29, 1.82) is 0 Å². The van der Waals surface area contributed by atoms with Crippen molar-refractivity contribution in [2.24, 2.45) is 0 Å². The van der Waals surface area contributed by atoms with Gasteiger partial charge in [-0.05, 0) is 67.8 Å². The molecule has 0 spiro atoms. The monoisotopic (exact) mass is 505 g/mol. The Labute approximate surface area is 223 Å². The topological polar surface area (TPSA) is 46.2 Å². The number of hydrogen-bond acceptors (Lipinski definition) is 3. The van der Waals surface area contributed by atoms with Gasteiger partial charge in [0.1, 0.15) is 0 Å². The molecule has 0 saturated heterocycles. The number of hydrogen-bond donors (Lipinski definition) is 0. The Hall–Kier alpha value is -5.21. The molecule has 39 heavy (non-hydrogen) atoms. The minimum absolute atomic E-state index is 0.0973. The summed E-state index contributed by atoms with van der Waals surface area (Å²) in [5.74, 6) is 0. The maximum Gasteiger partial charge on any atom is 0.197 e. The van der Waals surface area contributed by atoms with Crippen LogP contribution in [0.2, 0.25) is 0 Å². The van der Waals surface area contributed by atoms with E-state index in [4.69, 9.17) is 6.57 Å². The minimum atomic E-state index is -0.171. The average molecular weight is 506 g/mol. The summed E-state index contributed by atoms with van der Waals surface area (Å²) in [6.07, 6.45) is 0. The van der Waals surface area contributed by atoms with Crippen LogP contribution in [0, 0.1) is 6.57 Å². The van der Waals surface area contributed by atoms with Crippen LogP contribution in [0.15, 0.2) is 107 Å². The molecule has 0 aliphatic rings. The van der Waals surface area contributed by atoms with Gasteiger partial charge in [-0.2, -0.15) is 0 Å². The zero-order chi connectivity index (χ0) is 26.8. The third kappa shape index (κ3) is 3.25. The fourth-order valence-electron chi connectivity index (χ4n) is 5.96. The van der Waals surface area contributed by atoms with Crippen molar-refractivity contribution in [2.75, 3.05) is 4.90 Å². The van der Waals surface area contributed by atoms with Crippen molar-refractivity contribution in [2.45, 2.75) is 19.9 Å². The number of fused-ring (bicyclic) bond motifs is 5. The van der Waals surface area contributed by atoms with Crippen molar-refractivity contribution in [1.82, 2.24) is 4.40 Å². The van der Waals surface area contributed by atoms with Crippen molar-refractivity contribution in [3.8, 4) is 0 Å². The number of pyridine rings is 2. The standard InChI is InChI=1S/C34H23N3O2/c1-20(2)36(29-13-6-9-21-8-4-5-10-24(21)29)23-15-16-25-31(19-23)37-30-17-14-22(35-3)18-28(30)34(39)27-12-7-11-26(32(27)37)33(25)38/h4-20H,1-2H3. The maximum atomic E-state index is 13.7. The van der Waals surface area contributed by atoms with Crippen molar-refractivity contribution in [3.63, 3.8) is 0 Å². The Bertz CT molecular complexity index is 2270. The third-order valence-electron chi connectivity index (χ3n) is 7.63. The van der Waals surface area contributed by atoms with Crippen LogP contribution in [0.3, 0.4) is 0 Å². The number of para-hydroxylation sites is 1. The molecule has 7 aromatic rings. The van der Waals surface area contributed by atoms with Crippen molar-refractivity contribution < 1.29 is 0 Å². The lowest BCUT2D eigenvalue weighted by atomic mass is 10.0. The molecule has 186 valence electrons. The third-order valence-corrected chi connectivity index (χ3v) is 7.63. The summed E-state index contributed by atoms with van der Waals surface area (Å²) in [6, 6.07) is 31.2. The average Bonchev–Trinajstić information content (AvgIpc) is 2.96. The van der Waals surface area contributed by atoms with Gasteiger partial charge < -0.3 is 9.30 Å². The molecular formula is C34H23N3O2. The van der Waals surface area contributed by atoms with Gasteiger partial charge in [0.05, 0.1) is 23.1 Å². The molecule has 0 aliphatic heterocycles. The second-order valence-corrected chi connectivity index (χ2v) is 10.2. The van der Waals surface area contributed by atoms with Gasteiger partial charge >= 0.3 is 0 Å². The Morgan fingerprint density at radius 2 is 1.38 bits per heavy atom.